The molecule has 1 amide bonds. The lowest BCUT2D eigenvalue weighted by atomic mass is 10.3. The van der Waals surface area contributed by atoms with E-state index in [0.717, 1.165) is 0 Å². The van der Waals surface area contributed by atoms with Crippen LogP contribution in [0.25, 0.3) is 0 Å². The van der Waals surface area contributed by atoms with Crippen molar-refractivity contribution < 1.29 is 23.1 Å². The number of anilines is 1. The van der Waals surface area contributed by atoms with Gasteiger partial charge in [0.15, 0.2) is 6.61 Å². The van der Waals surface area contributed by atoms with Gasteiger partial charge in [0, 0.05) is 12.2 Å². The van der Waals surface area contributed by atoms with E-state index in [1.54, 1.807) is 30.3 Å². The molecule has 0 aromatic heterocycles. The zero-order valence-electron chi connectivity index (χ0n) is 13.1. The van der Waals surface area contributed by atoms with Crippen molar-refractivity contribution in [1.82, 2.24) is 5.32 Å². The van der Waals surface area contributed by atoms with Crippen molar-refractivity contribution in [3.63, 3.8) is 0 Å². The Balaban J connectivity index is 2.06. The molecule has 0 unspecified atom stereocenters. The molecule has 134 valence electrons. The van der Waals surface area contributed by atoms with Gasteiger partial charge in [-0.3, -0.25) is 9.52 Å². The van der Waals surface area contributed by atoms with Crippen LogP contribution in [-0.4, -0.2) is 39.2 Å². The van der Waals surface area contributed by atoms with E-state index >= 15 is 0 Å². The number of hydrogen-bond donors (Lipinski definition) is 3. The number of nitrogens with one attached hydrogen (secondary N) is 2. The van der Waals surface area contributed by atoms with E-state index in [2.05, 4.69) is 10.0 Å². The molecule has 0 aliphatic carbocycles. The number of carbonyl (C=O) groups excluding carboxylic acids is 1. The van der Waals surface area contributed by atoms with Gasteiger partial charge in [-0.25, -0.2) is 8.42 Å². The number of carbonyl (C=O) groups is 1. The Bertz CT molecular complexity index is 828. The lowest BCUT2D eigenvalue weighted by Crippen LogP contribution is -2.31. The number of amides is 1. The van der Waals surface area contributed by atoms with Gasteiger partial charge in [-0.1, -0.05) is 29.8 Å². The molecule has 2 rings (SSSR count). The molecule has 0 saturated heterocycles. The average Bonchev–Trinajstić information content (AvgIpc) is 2.59. The fourth-order valence-corrected chi connectivity index (χ4v) is 3.26. The highest BCUT2D eigenvalue weighted by Gasteiger charge is 2.16. The molecule has 0 aliphatic heterocycles. The van der Waals surface area contributed by atoms with Crippen LogP contribution in [0.5, 0.6) is 5.75 Å². The summed E-state index contributed by atoms with van der Waals surface area (Å²) in [6.07, 6.45) is 0. The third kappa shape index (κ3) is 5.63. The average molecular weight is 385 g/mol. The first-order valence-corrected chi connectivity index (χ1v) is 9.16. The number of ether oxygens (including phenoxy) is 1. The highest BCUT2D eigenvalue weighted by atomic mass is 35.5. The van der Waals surface area contributed by atoms with Crippen LogP contribution in [0.2, 0.25) is 5.02 Å². The normalized spacial score (nSPS) is 11.0. The Hall–Kier alpha value is -2.29. The molecule has 3 N–H and O–H groups in total. The summed E-state index contributed by atoms with van der Waals surface area (Å²) in [6.45, 7) is -0.347. The summed E-state index contributed by atoms with van der Waals surface area (Å²) >= 11 is 6.04. The minimum Gasteiger partial charge on any atom is -0.482 e. The highest BCUT2D eigenvalue weighted by Crippen LogP contribution is 2.28. The molecule has 0 atom stereocenters. The third-order valence-corrected chi connectivity index (χ3v) is 4.71. The van der Waals surface area contributed by atoms with Crippen LogP contribution in [-0.2, 0) is 14.8 Å². The fraction of sp³-hybridized carbons (Fsp3) is 0.188. The summed E-state index contributed by atoms with van der Waals surface area (Å²) in [5.41, 5.74) is 0.430. The van der Waals surface area contributed by atoms with E-state index in [4.69, 9.17) is 21.4 Å². The second-order valence-corrected chi connectivity index (χ2v) is 7.02. The minimum absolute atomic E-state index is 0.0292. The number of benzene rings is 2. The van der Waals surface area contributed by atoms with Crippen LogP contribution < -0.4 is 14.8 Å². The van der Waals surface area contributed by atoms with Gasteiger partial charge < -0.3 is 15.2 Å². The molecule has 2 aromatic rings. The summed E-state index contributed by atoms with van der Waals surface area (Å²) in [7, 11) is -3.79. The lowest BCUT2D eigenvalue weighted by Gasteiger charge is -2.11. The van der Waals surface area contributed by atoms with Gasteiger partial charge >= 0.3 is 0 Å². The van der Waals surface area contributed by atoms with Crippen molar-refractivity contribution >= 4 is 33.2 Å². The Morgan fingerprint density at radius 1 is 1.16 bits per heavy atom. The number of para-hydroxylation sites is 1. The zero-order valence-corrected chi connectivity index (χ0v) is 14.7. The van der Waals surface area contributed by atoms with Crippen LogP contribution in [0.1, 0.15) is 0 Å². The maximum Gasteiger partial charge on any atom is 0.261 e. The maximum atomic E-state index is 12.4. The number of rotatable bonds is 8. The van der Waals surface area contributed by atoms with E-state index in [-0.39, 0.29) is 35.4 Å². The molecular weight excluding hydrogens is 368 g/mol. The topological polar surface area (TPSA) is 105 Å². The first kappa shape index (κ1) is 19.0. The van der Waals surface area contributed by atoms with Gasteiger partial charge in [0.25, 0.3) is 15.9 Å². The molecule has 0 fully saturated rings. The molecule has 9 heteroatoms. The van der Waals surface area contributed by atoms with Crippen molar-refractivity contribution in [1.29, 1.82) is 0 Å². The second kappa shape index (κ2) is 8.70. The van der Waals surface area contributed by atoms with Crippen molar-refractivity contribution in [2.24, 2.45) is 0 Å². The number of sulfonamides is 1. The molecule has 7 nitrogen and oxygen atoms in total. The Labute approximate surface area is 150 Å². The van der Waals surface area contributed by atoms with Gasteiger partial charge in [-0.05, 0) is 30.3 Å². The lowest BCUT2D eigenvalue weighted by molar-refractivity contribution is -0.123. The minimum atomic E-state index is -3.79. The SMILES string of the molecule is O=C(COc1ccc(S(=O)(=O)Nc2ccccc2)cc1Cl)NCCO. The van der Waals surface area contributed by atoms with E-state index < -0.39 is 15.9 Å². The van der Waals surface area contributed by atoms with Crippen LogP contribution in [0, 0.1) is 0 Å². The van der Waals surface area contributed by atoms with Crippen molar-refractivity contribution in [2.75, 3.05) is 24.5 Å². The molecule has 0 radical (unpaired) electrons. The Morgan fingerprint density at radius 3 is 2.52 bits per heavy atom. The van der Waals surface area contributed by atoms with Crippen LogP contribution in [0.4, 0.5) is 5.69 Å². The van der Waals surface area contributed by atoms with Crippen molar-refractivity contribution in [3.8, 4) is 5.75 Å². The third-order valence-electron chi connectivity index (χ3n) is 3.03. The summed E-state index contributed by atoms with van der Waals surface area (Å²) in [5.74, 6) is -0.243. The van der Waals surface area contributed by atoms with Gasteiger partial charge in [-0.2, -0.15) is 0 Å². The summed E-state index contributed by atoms with van der Waals surface area (Å²) < 4.78 is 32.4. The number of hydrogen-bond acceptors (Lipinski definition) is 5. The second-order valence-electron chi connectivity index (χ2n) is 4.93. The monoisotopic (exact) mass is 384 g/mol. The molecule has 0 aliphatic rings. The van der Waals surface area contributed by atoms with E-state index in [1.165, 1.54) is 18.2 Å². The summed E-state index contributed by atoms with van der Waals surface area (Å²) in [6, 6.07) is 12.4. The van der Waals surface area contributed by atoms with Crippen LogP contribution in [0.15, 0.2) is 53.4 Å². The highest BCUT2D eigenvalue weighted by molar-refractivity contribution is 7.92. The van der Waals surface area contributed by atoms with Gasteiger partial charge in [-0.15, -0.1) is 0 Å². The predicted octanol–water partition coefficient (Wildman–Crippen LogP) is 1.63. The van der Waals surface area contributed by atoms with Crippen LogP contribution >= 0.6 is 11.6 Å². The first-order valence-electron chi connectivity index (χ1n) is 7.30. The summed E-state index contributed by atoms with van der Waals surface area (Å²) in [4.78, 5) is 11.4. The summed E-state index contributed by atoms with van der Waals surface area (Å²) in [5, 5.41) is 11.1. The smallest absolute Gasteiger partial charge is 0.261 e. The molecule has 0 bridgehead atoms. The largest absolute Gasteiger partial charge is 0.482 e. The standard InChI is InChI=1S/C16H17ClN2O5S/c17-14-10-13(25(22,23)19-12-4-2-1-3-5-12)6-7-15(14)24-11-16(21)18-8-9-20/h1-7,10,19-20H,8-9,11H2,(H,18,21). The molecule has 25 heavy (non-hydrogen) atoms. The van der Waals surface area contributed by atoms with E-state index in [9.17, 15) is 13.2 Å². The molecular formula is C16H17ClN2O5S. The predicted molar refractivity (Wildman–Crippen MR) is 94.3 cm³/mol. The molecule has 0 heterocycles. The number of aliphatic hydroxyl groups excluding tert-OH is 1. The van der Waals surface area contributed by atoms with Gasteiger partial charge in [0.05, 0.1) is 16.5 Å². The Kier molecular flexibility index (Phi) is 6.63. The quantitative estimate of drug-likeness (QED) is 0.641. The first-order chi connectivity index (χ1) is 11.9. The fourth-order valence-electron chi connectivity index (χ4n) is 1.88. The zero-order chi connectivity index (χ0) is 18.3. The maximum absolute atomic E-state index is 12.4. The van der Waals surface area contributed by atoms with Gasteiger partial charge in [0.1, 0.15) is 5.75 Å². The molecule has 2 aromatic carbocycles. The van der Waals surface area contributed by atoms with Crippen molar-refractivity contribution in [3.05, 3.63) is 53.6 Å². The van der Waals surface area contributed by atoms with E-state index in [0.29, 0.717) is 5.69 Å². The number of aliphatic hydroxyl groups is 1. The van der Waals surface area contributed by atoms with E-state index in [1.807, 2.05) is 0 Å². The Morgan fingerprint density at radius 2 is 1.88 bits per heavy atom. The van der Waals surface area contributed by atoms with Crippen LogP contribution in [0.3, 0.4) is 0 Å². The number of halogens is 1. The van der Waals surface area contributed by atoms with Gasteiger partial charge in [0.2, 0.25) is 0 Å². The molecule has 0 spiro atoms. The molecule has 0 saturated carbocycles. The van der Waals surface area contributed by atoms with Crippen molar-refractivity contribution in [2.45, 2.75) is 4.90 Å².